The number of benzene rings is 2. The summed E-state index contributed by atoms with van der Waals surface area (Å²) >= 11 is 0. The Kier molecular flexibility index (Phi) is 9.89. The number of nitrogens with zero attached hydrogens (tertiary/aromatic N) is 6. The molecule has 4 rings (SSSR count). The summed E-state index contributed by atoms with van der Waals surface area (Å²) in [5.41, 5.74) is 7.09. The van der Waals surface area contributed by atoms with E-state index >= 15 is 0 Å². The molecule has 0 aliphatic heterocycles. The van der Waals surface area contributed by atoms with Crippen LogP contribution in [0.25, 0.3) is 22.1 Å². The van der Waals surface area contributed by atoms with Crippen molar-refractivity contribution in [2.75, 3.05) is 0 Å². The van der Waals surface area contributed by atoms with Crippen molar-refractivity contribution in [3.8, 4) is 0 Å². The molecule has 13 heteroatoms. The van der Waals surface area contributed by atoms with Crippen LogP contribution < -0.4 is 11.1 Å². The summed E-state index contributed by atoms with van der Waals surface area (Å²) in [6.45, 7) is 10.8. The average Bonchev–Trinajstić information content (AvgIpc) is 3.40. The van der Waals surface area contributed by atoms with E-state index < -0.39 is 23.4 Å². The number of nitrogens with two attached hydrogens (primary N) is 1. The maximum atomic E-state index is 11.5. The van der Waals surface area contributed by atoms with Gasteiger partial charge in [-0.2, -0.15) is 0 Å². The summed E-state index contributed by atoms with van der Waals surface area (Å²) in [6, 6.07) is 15.0. The fourth-order valence-corrected chi connectivity index (χ4v) is 2.81. The Morgan fingerprint density at radius 2 is 1.30 bits per heavy atom. The van der Waals surface area contributed by atoms with Crippen molar-refractivity contribution in [2.24, 2.45) is 5.73 Å². The maximum absolute atomic E-state index is 11.5. The number of aliphatic hydroxyl groups excluding tert-OH is 1. The third-order valence-electron chi connectivity index (χ3n) is 4.15. The molecular weight excluding hydrogens is 480 g/mol. The molecule has 2 aromatic heterocycles. The number of amides is 2. The molecule has 0 unspecified atom stereocenters. The lowest BCUT2D eigenvalue weighted by molar-refractivity contribution is 0.0508. The van der Waals surface area contributed by atoms with Crippen molar-refractivity contribution >= 4 is 34.3 Å². The number of hydrogen-bond acceptors (Lipinski definition) is 9. The van der Waals surface area contributed by atoms with Gasteiger partial charge >= 0.3 is 12.2 Å². The largest absolute Gasteiger partial charge is 0.444 e. The van der Waals surface area contributed by atoms with Crippen molar-refractivity contribution in [1.82, 2.24) is 35.3 Å². The molecule has 4 aromatic rings. The second-order valence-corrected chi connectivity index (χ2v) is 9.67. The molecule has 0 radical (unpaired) electrons. The fraction of sp³-hybridized carbons (Fsp3) is 0.417. The number of carbonyl (C=O) groups excluding carboxylic acids is 2. The third kappa shape index (κ3) is 10.1. The van der Waals surface area contributed by atoms with Gasteiger partial charge in [0.2, 0.25) is 0 Å². The van der Waals surface area contributed by atoms with Crippen LogP contribution in [0, 0.1) is 0 Å². The van der Waals surface area contributed by atoms with Gasteiger partial charge in [-0.3, -0.25) is 0 Å². The van der Waals surface area contributed by atoms with Crippen LogP contribution >= 0.6 is 0 Å². The highest BCUT2D eigenvalue weighted by atomic mass is 16.6. The number of para-hydroxylation sites is 2. The molecule has 200 valence electrons. The van der Waals surface area contributed by atoms with Crippen molar-refractivity contribution in [2.45, 2.75) is 66.1 Å². The highest BCUT2D eigenvalue weighted by Crippen LogP contribution is 2.10. The second-order valence-electron chi connectivity index (χ2n) is 9.67. The number of hydrogen-bond donors (Lipinski definition) is 3. The third-order valence-corrected chi connectivity index (χ3v) is 4.15. The monoisotopic (exact) mass is 514 g/mol. The molecule has 0 saturated carbocycles. The van der Waals surface area contributed by atoms with Crippen LogP contribution in [0.5, 0.6) is 0 Å². The molecule has 2 aromatic carbocycles. The Bertz CT molecular complexity index is 1300. The van der Waals surface area contributed by atoms with Gasteiger partial charge in [0.1, 0.15) is 35.6 Å². The second kappa shape index (κ2) is 12.6. The van der Waals surface area contributed by atoms with E-state index in [1.807, 2.05) is 69.3 Å². The first-order valence-electron chi connectivity index (χ1n) is 11.4. The molecule has 0 atom stereocenters. The fourth-order valence-electron chi connectivity index (χ4n) is 2.81. The lowest BCUT2D eigenvalue weighted by atomic mass is 10.2. The molecule has 0 spiro atoms. The van der Waals surface area contributed by atoms with Crippen molar-refractivity contribution in [3.05, 3.63) is 48.5 Å². The highest BCUT2D eigenvalue weighted by Gasteiger charge is 2.16. The van der Waals surface area contributed by atoms with Gasteiger partial charge in [0.05, 0.1) is 11.0 Å². The molecule has 13 nitrogen and oxygen atoms in total. The number of nitrogens with one attached hydrogen (secondary N) is 1. The van der Waals surface area contributed by atoms with E-state index in [1.54, 1.807) is 25.5 Å². The SMILES string of the molecule is CC(C)(C)OC(=O)NCn1nnc2ccccc21.CC(C)(C)OC(N)=O.OCn1nnc2ccccc21. The number of fused-ring (bicyclic) bond motifs is 2. The zero-order valence-electron chi connectivity index (χ0n) is 21.9. The first kappa shape index (κ1) is 29.0. The van der Waals surface area contributed by atoms with E-state index in [2.05, 4.69) is 30.7 Å². The van der Waals surface area contributed by atoms with Crippen LogP contribution in [0.1, 0.15) is 41.5 Å². The van der Waals surface area contributed by atoms with Crippen LogP contribution in [0.15, 0.2) is 48.5 Å². The summed E-state index contributed by atoms with van der Waals surface area (Å²) in [7, 11) is 0. The van der Waals surface area contributed by atoms with E-state index in [1.165, 1.54) is 4.68 Å². The topological polar surface area (TPSA) is 172 Å². The van der Waals surface area contributed by atoms with Crippen LogP contribution in [0.4, 0.5) is 9.59 Å². The first-order valence-corrected chi connectivity index (χ1v) is 11.4. The van der Waals surface area contributed by atoms with Crippen molar-refractivity contribution < 1.29 is 24.2 Å². The zero-order valence-corrected chi connectivity index (χ0v) is 21.9. The smallest absolute Gasteiger partial charge is 0.409 e. The van der Waals surface area contributed by atoms with Crippen LogP contribution in [0.2, 0.25) is 0 Å². The minimum atomic E-state index is -0.725. The maximum Gasteiger partial charge on any atom is 0.409 e. The van der Waals surface area contributed by atoms with Crippen LogP contribution in [-0.2, 0) is 22.9 Å². The molecule has 0 aliphatic rings. The predicted octanol–water partition coefficient (Wildman–Crippen LogP) is 3.17. The van der Waals surface area contributed by atoms with Crippen LogP contribution in [0.3, 0.4) is 0 Å². The van der Waals surface area contributed by atoms with Gasteiger partial charge < -0.3 is 25.6 Å². The quantitative estimate of drug-likeness (QED) is 0.371. The van der Waals surface area contributed by atoms with E-state index in [0.29, 0.717) is 0 Å². The molecule has 2 heterocycles. The number of carbonyl (C=O) groups is 2. The Labute approximate surface area is 214 Å². The Morgan fingerprint density at radius 3 is 1.73 bits per heavy atom. The zero-order chi connectivity index (χ0) is 27.6. The Morgan fingerprint density at radius 1 is 0.838 bits per heavy atom. The van der Waals surface area contributed by atoms with Gasteiger partial charge in [-0.15, -0.1) is 10.2 Å². The van der Waals surface area contributed by atoms with Gasteiger partial charge in [-0.25, -0.2) is 19.0 Å². The minimum Gasteiger partial charge on any atom is -0.444 e. The van der Waals surface area contributed by atoms with E-state index in [4.69, 9.17) is 15.6 Å². The normalized spacial score (nSPS) is 11.1. The van der Waals surface area contributed by atoms with Gasteiger partial charge in [0.15, 0.2) is 0 Å². The average molecular weight is 515 g/mol. The lowest BCUT2D eigenvalue weighted by Crippen LogP contribution is -2.33. The number of aliphatic hydroxyl groups is 1. The lowest BCUT2D eigenvalue weighted by Gasteiger charge is -2.19. The van der Waals surface area contributed by atoms with Gasteiger partial charge in [0.25, 0.3) is 0 Å². The van der Waals surface area contributed by atoms with E-state index in [9.17, 15) is 9.59 Å². The molecule has 4 N–H and O–H groups in total. The number of alkyl carbamates (subject to hydrolysis) is 1. The summed E-state index contributed by atoms with van der Waals surface area (Å²) in [4.78, 5) is 21.5. The molecular formula is C24H34N8O5. The molecule has 0 aliphatic carbocycles. The molecule has 0 saturated heterocycles. The highest BCUT2D eigenvalue weighted by molar-refractivity contribution is 5.74. The number of aromatic nitrogens is 6. The van der Waals surface area contributed by atoms with Crippen LogP contribution in [-0.4, -0.2) is 58.5 Å². The van der Waals surface area contributed by atoms with E-state index in [0.717, 1.165) is 22.1 Å². The Hall–Kier alpha value is -4.26. The summed E-state index contributed by atoms with van der Waals surface area (Å²) in [5, 5.41) is 26.9. The minimum absolute atomic E-state index is 0.124. The summed E-state index contributed by atoms with van der Waals surface area (Å²) in [6.07, 6.45) is -1.19. The molecule has 0 fully saturated rings. The molecule has 0 bridgehead atoms. The predicted molar refractivity (Wildman–Crippen MR) is 137 cm³/mol. The first-order chi connectivity index (χ1) is 17.3. The number of primary amides is 1. The number of ether oxygens (including phenoxy) is 2. The van der Waals surface area contributed by atoms with Crippen molar-refractivity contribution in [3.63, 3.8) is 0 Å². The summed E-state index contributed by atoms with van der Waals surface area (Å²) < 4.78 is 12.8. The standard InChI is InChI=1S/C12H16N4O2.C7H7N3O.C5H11NO2/c1-12(2,3)18-11(17)13-8-16-10-7-5-4-6-9(10)14-15-16;11-5-10-7-4-2-1-3-6(7)8-9-10;1-5(2,3)8-4(6)7/h4-7H,8H2,1-3H3,(H,13,17);1-4,11H,5H2;1-3H3,(H2,6,7). The molecule has 37 heavy (non-hydrogen) atoms. The number of rotatable bonds is 3. The summed E-state index contributed by atoms with van der Waals surface area (Å²) in [5.74, 6) is 0. The Balaban J connectivity index is 0.000000216. The molecule has 2 amide bonds. The van der Waals surface area contributed by atoms with Crippen molar-refractivity contribution in [1.29, 1.82) is 0 Å². The van der Waals surface area contributed by atoms with Gasteiger partial charge in [0, 0.05) is 0 Å². The van der Waals surface area contributed by atoms with Gasteiger partial charge in [-0.1, -0.05) is 34.7 Å². The van der Waals surface area contributed by atoms with E-state index in [-0.39, 0.29) is 13.4 Å². The van der Waals surface area contributed by atoms with Gasteiger partial charge in [-0.05, 0) is 65.8 Å².